The molecule has 1 aliphatic rings. The van der Waals surface area contributed by atoms with E-state index in [1.165, 1.54) is 23.3 Å². The Morgan fingerprint density at radius 3 is 2.58 bits per heavy atom. The van der Waals surface area contributed by atoms with E-state index in [0.29, 0.717) is 24.4 Å². The van der Waals surface area contributed by atoms with Crippen LogP contribution >= 0.6 is 11.6 Å². The molecule has 0 spiro atoms. The number of benzene rings is 2. The summed E-state index contributed by atoms with van der Waals surface area (Å²) in [6.07, 6.45) is 7.89. The zero-order chi connectivity index (χ0) is 21.6. The van der Waals surface area contributed by atoms with Crippen LogP contribution in [-0.2, 0) is 26.7 Å². The molecule has 1 unspecified atom stereocenters. The molecule has 162 valence electrons. The SMILES string of the molecule is O=C(O)CC/C=C\CC1(CCNS(=O)(=O)c2ccc(Cl)cc2)CCc2ccccc21.[H-].[Na+]. The van der Waals surface area contributed by atoms with Crippen molar-refractivity contribution in [3.8, 4) is 0 Å². The summed E-state index contributed by atoms with van der Waals surface area (Å²) < 4.78 is 27.9. The first kappa shape index (κ1) is 26.1. The molecule has 0 aromatic heterocycles. The minimum atomic E-state index is -3.60. The van der Waals surface area contributed by atoms with Gasteiger partial charge in [-0.25, -0.2) is 13.1 Å². The molecule has 0 amide bonds. The first-order chi connectivity index (χ1) is 14.3. The van der Waals surface area contributed by atoms with E-state index in [0.717, 1.165) is 19.3 Å². The molecular formula is C23H27ClNNaO4S. The Kier molecular flexibility index (Phi) is 9.80. The van der Waals surface area contributed by atoms with Crippen LogP contribution in [0.3, 0.4) is 0 Å². The molecule has 0 saturated carbocycles. The average molecular weight is 472 g/mol. The van der Waals surface area contributed by atoms with Crippen molar-refractivity contribution in [2.45, 2.75) is 48.8 Å². The Morgan fingerprint density at radius 1 is 1.16 bits per heavy atom. The van der Waals surface area contributed by atoms with Crippen LogP contribution in [0.4, 0.5) is 0 Å². The van der Waals surface area contributed by atoms with Gasteiger partial charge in [-0.15, -0.1) is 0 Å². The van der Waals surface area contributed by atoms with E-state index in [9.17, 15) is 13.2 Å². The second-order valence-corrected chi connectivity index (χ2v) is 9.85. The molecular weight excluding hydrogens is 445 g/mol. The zero-order valence-electron chi connectivity index (χ0n) is 18.7. The molecule has 1 atom stereocenters. The van der Waals surface area contributed by atoms with Gasteiger partial charge < -0.3 is 6.53 Å². The second kappa shape index (κ2) is 11.6. The van der Waals surface area contributed by atoms with Crippen molar-refractivity contribution < 1.29 is 49.3 Å². The number of rotatable bonds is 10. The van der Waals surface area contributed by atoms with Gasteiger partial charge in [0.15, 0.2) is 0 Å². The smallest absolute Gasteiger partial charge is 1.00 e. The van der Waals surface area contributed by atoms with E-state index in [1.54, 1.807) is 12.1 Å². The van der Waals surface area contributed by atoms with Crippen LogP contribution in [0.1, 0.15) is 44.7 Å². The maximum atomic E-state index is 12.6. The van der Waals surface area contributed by atoms with E-state index in [2.05, 4.69) is 16.9 Å². The van der Waals surface area contributed by atoms with Crippen molar-refractivity contribution in [1.29, 1.82) is 0 Å². The van der Waals surface area contributed by atoms with Gasteiger partial charge in [0, 0.05) is 23.4 Å². The number of nitrogens with one attached hydrogen (secondary N) is 1. The third kappa shape index (κ3) is 6.91. The van der Waals surface area contributed by atoms with Crippen LogP contribution in [-0.4, -0.2) is 26.0 Å². The quantitative estimate of drug-likeness (QED) is 0.409. The van der Waals surface area contributed by atoms with Gasteiger partial charge in [0.05, 0.1) is 4.90 Å². The number of sulfonamides is 1. The molecule has 3 rings (SSSR count). The van der Waals surface area contributed by atoms with Crippen molar-refractivity contribution in [2.24, 2.45) is 0 Å². The number of hydrogen-bond acceptors (Lipinski definition) is 3. The summed E-state index contributed by atoms with van der Waals surface area (Å²) in [5.74, 6) is -0.808. The molecule has 2 aromatic rings. The number of fused-ring (bicyclic) bond motifs is 1. The summed E-state index contributed by atoms with van der Waals surface area (Å²) in [6, 6.07) is 14.4. The van der Waals surface area contributed by atoms with E-state index < -0.39 is 16.0 Å². The van der Waals surface area contributed by atoms with Gasteiger partial charge in [0.2, 0.25) is 10.0 Å². The molecule has 0 radical (unpaired) electrons. The average Bonchev–Trinajstić information content (AvgIpc) is 3.07. The largest absolute Gasteiger partial charge is 1.00 e. The molecule has 2 N–H and O–H groups in total. The van der Waals surface area contributed by atoms with E-state index >= 15 is 0 Å². The first-order valence-electron chi connectivity index (χ1n) is 10.0. The van der Waals surface area contributed by atoms with Crippen molar-refractivity contribution in [1.82, 2.24) is 4.72 Å². The van der Waals surface area contributed by atoms with Crippen molar-refractivity contribution in [3.63, 3.8) is 0 Å². The van der Waals surface area contributed by atoms with Gasteiger partial charge in [0.1, 0.15) is 0 Å². The van der Waals surface area contributed by atoms with Gasteiger partial charge in [0.25, 0.3) is 0 Å². The number of carboxylic acid groups (broad SMARTS) is 1. The minimum absolute atomic E-state index is 0. The number of carboxylic acids is 1. The van der Waals surface area contributed by atoms with Crippen LogP contribution in [0, 0.1) is 0 Å². The number of allylic oxidation sites excluding steroid dienone is 2. The third-order valence-electron chi connectivity index (χ3n) is 5.68. The van der Waals surface area contributed by atoms with Gasteiger partial charge in [-0.05, 0) is 67.5 Å². The molecule has 0 heterocycles. The van der Waals surface area contributed by atoms with Crippen molar-refractivity contribution >= 4 is 27.6 Å². The number of aliphatic carboxylic acids is 1. The third-order valence-corrected chi connectivity index (χ3v) is 7.41. The summed E-state index contributed by atoms with van der Waals surface area (Å²) in [6.45, 7) is 0.322. The van der Waals surface area contributed by atoms with Crippen LogP contribution < -0.4 is 34.3 Å². The molecule has 0 aliphatic heterocycles. The molecule has 8 heteroatoms. The topological polar surface area (TPSA) is 83.5 Å². The fourth-order valence-corrected chi connectivity index (χ4v) is 5.25. The van der Waals surface area contributed by atoms with Gasteiger partial charge >= 0.3 is 35.5 Å². The maximum Gasteiger partial charge on any atom is 1.00 e. The fourth-order valence-electron chi connectivity index (χ4n) is 4.09. The predicted molar refractivity (Wildman–Crippen MR) is 119 cm³/mol. The standard InChI is InChI=1S/C23H26ClNO4S.Na.H/c24-19-9-11-20(12-10-19)30(28,29)25-17-16-23(14-5-1-2-8-22(26)27)15-13-18-6-3-4-7-21(18)23;;/h1,3-7,9-12,25H,2,8,13-17H2,(H,26,27);;/q;+1;-1/b5-1-;;. The molecule has 2 aromatic carbocycles. The summed E-state index contributed by atoms with van der Waals surface area (Å²) >= 11 is 5.85. The van der Waals surface area contributed by atoms with Gasteiger partial charge in [-0.3, -0.25) is 4.79 Å². The van der Waals surface area contributed by atoms with Crippen LogP contribution in [0.15, 0.2) is 65.6 Å². The predicted octanol–water partition coefficient (Wildman–Crippen LogP) is 1.82. The Balaban J connectivity index is 0.00000256. The Hall–Kier alpha value is -1.15. The first-order valence-corrected chi connectivity index (χ1v) is 11.9. The molecule has 1 aliphatic carbocycles. The van der Waals surface area contributed by atoms with Crippen molar-refractivity contribution in [2.75, 3.05) is 6.54 Å². The van der Waals surface area contributed by atoms with E-state index in [1.807, 2.05) is 24.3 Å². The molecule has 0 saturated heterocycles. The zero-order valence-corrected chi connectivity index (χ0v) is 21.3. The second-order valence-electron chi connectivity index (χ2n) is 7.65. The monoisotopic (exact) mass is 471 g/mol. The minimum Gasteiger partial charge on any atom is -1.00 e. The van der Waals surface area contributed by atoms with Crippen LogP contribution in [0.2, 0.25) is 5.02 Å². The Morgan fingerprint density at radius 2 is 1.87 bits per heavy atom. The van der Waals surface area contributed by atoms with E-state index in [4.69, 9.17) is 16.7 Å². The number of hydrogen-bond donors (Lipinski definition) is 2. The molecule has 0 bridgehead atoms. The molecule has 31 heavy (non-hydrogen) atoms. The van der Waals surface area contributed by atoms with Gasteiger partial charge in [-0.1, -0.05) is 48.0 Å². The summed E-state index contributed by atoms with van der Waals surface area (Å²) in [5.41, 5.74) is 2.41. The van der Waals surface area contributed by atoms with Gasteiger partial charge in [-0.2, -0.15) is 0 Å². The molecule has 0 fully saturated rings. The van der Waals surface area contributed by atoms with Crippen LogP contribution in [0.25, 0.3) is 0 Å². The number of aryl methyl sites for hydroxylation is 1. The Bertz CT molecular complexity index is 1030. The van der Waals surface area contributed by atoms with Crippen LogP contribution in [0.5, 0.6) is 0 Å². The summed E-state index contributed by atoms with van der Waals surface area (Å²) in [4.78, 5) is 10.9. The normalized spacial score (nSPS) is 18.0. The fraction of sp³-hybridized carbons (Fsp3) is 0.348. The summed E-state index contributed by atoms with van der Waals surface area (Å²) in [5, 5.41) is 9.29. The summed E-state index contributed by atoms with van der Waals surface area (Å²) in [7, 11) is -3.60. The maximum absolute atomic E-state index is 12.6. The number of carbonyl (C=O) groups is 1. The van der Waals surface area contributed by atoms with E-state index in [-0.39, 0.29) is 47.7 Å². The van der Waals surface area contributed by atoms with Crippen molar-refractivity contribution in [3.05, 3.63) is 76.8 Å². The Labute approximate surface area is 212 Å². The number of halogens is 1. The molecule has 5 nitrogen and oxygen atoms in total.